The number of aromatic nitrogens is 3. The smallest absolute Gasteiger partial charge is 0.258 e. The van der Waals surface area contributed by atoms with Crippen molar-refractivity contribution in [1.29, 1.82) is 0 Å². The van der Waals surface area contributed by atoms with Crippen LogP contribution in [0.2, 0.25) is 0 Å². The third kappa shape index (κ3) is 4.27. The Bertz CT molecular complexity index is 1120. The molecule has 1 aromatic carbocycles. The van der Waals surface area contributed by atoms with Crippen molar-refractivity contribution in [3.05, 3.63) is 81.4 Å². The molecule has 0 bridgehead atoms. The molecule has 30 heavy (non-hydrogen) atoms. The summed E-state index contributed by atoms with van der Waals surface area (Å²) in [5.74, 6) is 2.02. The summed E-state index contributed by atoms with van der Waals surface area (Å²) in [5.41, 5.74) is 3.48. The van der Waals surface area contributed by atoms with E-state index in [1.54, 1.807) is 29.0 Å². The number of benzene rings is 1. The van der Waals surface area contributed by atoms with Crippen molar-refractivity contribution in [3.8, 4) is 5.69 Å². The minimum absolute atomic E-state index is 0.0906. The highest BCUT2D eigenvalue weighted by Crippen LogP contribution is 2.27. The number of halogens is 1. The molecule has 0 unspecified atom stereocenters. The molecule has 1 aliphatic rings. The number of hydrogen-bond donors (Lipinski definition) is 0. The van der Waals surface area contributed by atoms with Gasteiger partial charge >= 0.3 is 0 Å². The van der Waals surface area contributed by atoms with Crippen LogP contribution in [0.4, 0.5) is 10.2 Å². The number of anilines is 1. The minimum atomic E-state index is -0.164. The molecule has 0 atom stereocenters. The van der Waals surface area contributed by atoms with Crippen molar-refractivity contribution in [2.75, 3.05) is 18.0 Å². The molecule has 4 rings (SSSR count). The van der Waals surface area contributed by atoms with Gasteiger partial charge in [0.15, 0.2) is 0 Å². The van der Waals surface area contributed by atoms with Crippen LogP contribution < -0.4 is 10.5 Å². The van der Waals surface area contributed by atoms with Crippen LogP contribution >= 0.6 is 0 Å². The van der Waals surface area contributed by atoms with Crippen LogP contribution in [0.5, 0.6) is 0 Å². The average molecular weight is 407 g/mol. The number of rotatable bonds is 4. The molecule has 1 aliphatic heterocycles. The van der Waals surface area contributed by atoms with E-state index in [1.165, 1.54) is 6.07 Å². The lowest BCUT2D eigenvalue weighted by Crippen LogP contribution is -2.35. The molecule has 3 aromatic rings. The van der Waals surface area contributed by atoms with Crippen LogP contribution in [-0.2, 0) is 6.42 Å². The van der Waals surface area contributed by atoms with Crippen LogP contribution in [0.25, 0.3) is 5.69 Å². The zero-order valence-electron chi connectivity index (χ0n) is 17.7. The molecule has 156 valence electrons. The Morgan fingerprint density at radius 2 is 1.87 bits per heavy atom. The second-order valence-electron chi connectivity index (χ2n) is 8.22. The van der Waals surface area contributed by atoms with Crippen molar-refractivity contribution in [2.24, 2.45) is 5.92 Å². The molecule has 0 aliphatic carbocycles. The summed E-state index contributed by atoms with van der Waals surface area (Å²) in [6.45, 7) is 7.55. The van der Waals surface area contributed by atoms with Gasteiger partial charge in [-0.3, -0.25) is 9.36 Å². The summed E-state index contributed by atoms with van der Waals surface area (Å²) < 4.78 is 15.0. The van der Waals surface area contributed by atoms with E-state index in [0.29, 0.717) is 11.7 Å². The van der Waals surface area contributed by atoms with E-state index in [1.807, 2.05) is 32.9 Å². The van der Waals surface area contributed by atoms with Gasteiger partial charge in [-0.2, -0.15) is 0 Å². The average Bonchev–Trinajstić information content (AvgIpc) is 2.68. The van der Waals surface area contributed by atoms with Crippen molar-refractivity contribution < 1.29 is 4.39 Å². The fourth-order valence-electron chi connectivity index (χ4n) is 4.41. The maximum atomic E-state index is 13.4. The van der Waals surface area contributed by atoms with Crippen LogP contribution in [0.1, 0.15) is 35.5 Å². The predicted octanol–water partition coefficient (Wildman–Crippen LogP) is 4.15. The second-order valence-corrected chi connectivity index (χ2v) is 8.22. The van der Waals surface area contributed by atoms with Gasteiger partial charge in [0.2, 0.25) is 0 Å². The summed E-state index contributed by atoms with van der Waals surface area (Å²) in [5, 5.41) is 0. The SMILES string of the molecule is Cc1cc(=O)n(-c2cnc(N3CCC(Cc4cccc(F)c4)CC3)c(C)c2)c(C)n1. The minimum Gasteiger partial charge on any atom is -0.356 e. The van der Waals surface area contributed by atoms with Gasteiger partial charge in [-0.05, 0) is 75.3 Å². The monoisotopic (exact) mass is 406 g/mol. The molecule has 3 heterocycles. The highest BCUT2D eigenvalue weighted by molar-refractivity contribution is 5.51. The Hall–Kier alpha value is -3.02. The molecular weight excluding hydrogens is 379 g/mol. The normalized spacial score (nSPS) is 14.9. The molecule has 2 aromatic heterocycles. The molecule has 5 nitrogen and oxygen atoms in total. The Morgan fingerprint density at radius 1 is 1.10 bits per heavy atom. The van der Waals surface area contributed by atoms with E-state index >= 15 is 0 Å². The summed E-state index contributed by atoms with van der Waals surface area (Å²) in [6, 6.07) is 10.5. The van der Waals surface area contributed by atoms with Gasteiger partial charge in [-0.15, -0.1) is 0 Å². The second kappa shape index (κ2) is 8.38. The standard InChI is InChI=1S/C24H27FN4O/c1-16-11-22(29-18(3)27-17(2)12-23(29)30)15-26-24(16)28-9-7-19(8-10-28)13-20-5-4-6-21(25)14-20/h4-6,11-12,14-15,19H,7-10,13H2,1-3H3. The van der Waals surface area contributed by atoms with Crippen LogP contribution in [0, 0.1) is 32.5 Å². The highest BCUT2D eigenvalue weighted by atomic mass is 19.1. The number of nitrogens with zero attached hydrogens (tertiary/aromatic N) is 4. The van der Waals surface area contributed by atoms with Gasteiger partial charge < -0.3 is 4.90 Å². The molecule has 0 N–H and O–H groups in total. The Morgan fingerprint density at radius 3 is 2.53 bits per heavy atom. The Kier molecular flexibility index (Phi) is 5.66. The highest BCUT2D eigenvalue weighted by Gasteiger charge is 2.22. The molecule has 1 saturated heterocycles. The third-order valence-electron chi connectivity index (χ3n) is 5.84. The lowest BCUT2D eigenvalue weighted by molar-refractivity contribution is 0.401. The number of pyridine rings is 1. The van der Waals surface area contributed by atoms with Crippen molar-refractivity contribution in [2.45, 2.75) is 40.0 Å². The van der Waals surface area contributed by atoms with Gasteiger partial charge in [0.1, 0.15) is 17.5 Å². The van der Waals surface area contributed by atoms with Crippen molar-refractivity contribution >= 4 is 5.82 Å². The molecule has 1 fully saturated rings. The van der Waals surface area contributed by atoms with Crippen molar-refractivity contribution in [3.63, 3.8) is 0 Å². The van der Waals surface area contributed by atoms with Gasteiger partial charge in [0, 0.05) is 24.8 Å². The molecule has 0 saturated carbocycles. The van der Waals surface area contributed by atoms with Gasteiger partial charge in [-0.1, -0.05) is 12.1 Å². The summed E-state index contributed by atoms with van der Waals surface area (Å²) in [6.07, 6.45) is 4.78. The predicted molar refractivity (Wildman–Crippen MR) is 117 cm³/mol. The first kappa shape index (κ1) is 20.3. The van der Waals surface area contributed by atoms with Crippen LogP contribution in [0.15, 0.2) is 47.4 Å². The van der Waals surface area contributed by atoms with E-state index in [0.717, 1.165) is 60.7 Å². The third-order valence-corrected chi connectivity index (χ3v) is 5.84. The lowest BCUT2D eigenvalue weighted by Gasteiger charge is -2.33. The maximum absolute atomic E-state index is 13.4. The number of aryl methyl sites for hydroxylation is 3. The fourth-order valence-corrected chi connectivity index (χ4v) is 4.41. The number of hydrogen-bond acceptors (Lipinski definition) is 4. The van der Waals surface area contributed by atoms with E-state index in [-0.39, 0.29) is 11.4 Å². The topological polar surface area (TPSA) is 51.0 Å². The number of piperidine rings is 1. The molecule has 6 heteroatoms. The first-order valence-electron chi connectivity index (χ1n) is 10.4. The molecule has 0 amide bonds. The van der Waals surface area contributed by atoms with Crippen molar-refractivity contribution in [1.82, 2.24) is 14.5 Å². The Labute approximate surface area is 176 Å². The maximum Gasteiger partial charge on any atom is 0.258 e. The van der Waals surface area contributed by atoms with Crippen LogP contribution in [0.3, 0.4) is 0 Å². The molecule has 0 radical (unpaired) electrons. The largest absolute Gasteiger partial charge is 0.356 e. The van der Waals surface area contributed by atoms with Gasteiger partial charge in [0.25, 0.3) is 5.56 Å². The molecular formula is C24H27FN4O. The first-order valence-corrected chi connectivity index (χ1v) is 10.4. The summed E-state index contributed by atoms with van der Waals surface area (Å²) >= 11 is 0. The van der Waals surface area contributed by atoms with E-state index in [9.17, 15) is 9.18 Å². The zero-order valence-corrected chi connectivity index (χ0v) is 17.7. The van der Waals surface area contributed by atoms with E-state index in [2.05, 4.69) is 9.88 Å². The zero-order chi connectivity index (χ0) is 21.3. The lowest BCUT2D eigenvalue weighted by atomic mass is 9.90. The van der Waals surface area contributed by atoms with Gasteiger partial charge in [-0.25, -0.2) is 14.4 Å². The van der Waals surface area contributed by atoms with Crippen LogP contribution in [-0.4, -0.2) is 27.6 Å². The first-order chi connectivity index (χ1) is 14.4. The van der Waals surface area contributed by atoms with E-state index < -0.39 is 0 Å². The summed E-state index contributed by atoms with van der Waals surface area (Å²) in [7, 11) is 0. The fraction of sp³-hybridized carbons (Fsp3) is 0.375. The quantitative estimate of drug-likeness (QED) is 0.653. The van der Waals surface area contributed by atoms with Gasteiger partial charge in [0.05, 0.1) is 11.9 Å². The summed E-state index contributed by atoms with van der Waals surface area (Å²) in [4.78, 5) is 23.8. The van der Waals surface area contributed by atoms with E-state index in [4.69, 9.17) is 4.98 Å². The Balaban J connectivity index is 1.47. The molecule has 0 spiro atoms.